The second-order valence-corrected chi connectivity index (χ2v) is 9.13. The molecule has 0 saturated carbocycles. The van der Waals surface area contributed by atoms with Gasteiger partial charge in [-0.15, -0.1) is 0 Å². The Morgan fingerprint density at radius 1 is 1.00 bits per heavy atom. The Morgan fingerprint density at radius 2 is 1.74 bits per heavy atom. The van der Waals surface area contributed by atoms with Crippen LogP contribution in [-0.2, 0) is 16.6 Å². The molecular weight excluding hydrogens is 430 g/mol. The number of carbonyl (C=O) groups excluding carboxylic acids is 2. The molecule has 2 amide bonds. The van der Waals surface area contributed by atoms with Gasteiger partial charge < -0.3 is 14.4 Å². The monoisotopic (exact) mass is 453 g/mol. The molecular formula is C24H24ClN3O2S. The van der Waals surface area contributed by atoms with E-state index in [4.69, 9.17) is 11.6 Å². The van der Waals surface area contributed by atoms with E-state index in [2.05, 4.69) is 35.0 Å². The summed E-state index contributed by atoms with van der Waals surface area (Å²) in [6, 6.07) is 14.3. The van der Waals surface area contributed by atoms with Crippen molar-refractivity contribution in [2.45, 2.75) is 16.7 Å². The minimum atomic E-state index is -0.0473. The topological polar surface area (TPSA) is 45.6 Å². The van der Waals surface area contributed by atoms with Gasteiger partial charge in [0, 0.05) is 73.1 Å². The summed E-state index contributed by atoms with van der Waals surface area (Å²) >= 11 is 8.14. The number of amides is 2. The highest BCUT2D eigenvalue weighted by atomic mass is 35.5. The number of aryl methyl sites for hydroxylation is 1. The number of benzene rings is 2. The van der Waals surface area contributed by atoms with Crippen molar-refractivity contribution in [3.8, 4) is 0 Å². The average molecular weight is 454 g/mol. The molecule has 0 bridgehead atoms. The summed E-state index contributed by atoms with van der Waals surface area (Å²) in [7, 11) is 2.04. The molecule has 0 unspecified atom stereocenters. The SMILES string of the molecule is CC(=O)N1CCN(C(=O)/C=C/c2ccc(Sc3ccc4c(ccn4C)c3)c(Cl)c2)CC1. The van der Waals surface area contributed by atoms with Crippen molar-refractivity contribution >= 4 is 52.2 Å². The molecule has 1 saturated heterocycles. The van der Waals surface area contributed by atoms with Crippen molar-refractivity contribution in [2.24, 2.45) is 7.05 Å². The number of fused-ring (bicyclic) bond motifs is 1. The number of hydrogen-bond donors (Lipinski definition) is 0. The van der Waals surface area contributed by atoms with Crippen LogP contribution in [0.3, 0.4) is 0 Å². The summed E-state index contributed by atoms with van der Waals surface area (Å²) < 4.78 is 2.10. The first-order chi connectivity index (χ1) is 14.9. The van der Waals surface area contributed by atoms with Crippen LogP contribution < -0.4 is 0 Å². The van der Waals surface area contributed by atoms with E-state index in [1.807, 2.05) is 25.2 Å². The number of rotatable bonds is 4. The third kappa shape index (κ3) is 4.97. The van der Waals surface area contributed by atoms with Gasteiger partial charge in [-0.05, 0) is 48.0 Å². The predicted octanol–water partition coefficient (Wildman–Crippen LogP) is 4.69. The molecule has 0 atom stereocenters. The molecule has 160 valence electrons. The Morgan fingerprint density at radius 3 is 2.45 bits per heavy atom. The van der Waals surface area contributed by atoms with E-state index in [-0.39, 0.29) is 11.8 Å². The predicted molar refractivity (Wildman–Crippen MR) is 126 cm³/mol. The van der Waals surface area contributed by atoms with Crippen molar-refractivity contribution in [1.29, 1.82) is 0 Å². The second-order valence-electron chi connectivity index (χ2n) is 7.60. The molecule has 0 aliphatic carbocycles. The fourth-order valence-electron chi connectivity index (χ4n) is 3.67. The molecule has 0 spiro atoms. The van der Waals surface area contributed by atoms with Crippen LogP contribution in [0.15, 0.2) is 64.5 Å². The van der Waals surface area contributed by atoms with Crippen LogP contribution in [0.5, 0.6) is 0 Å². The lowest BCUT2D eigenvalue weighted by atomic mass is 10.2. The van der Waals surface area contributed by atoms with Gasteiger partial charge in [0.25, 0.3) is 0 Å². The molecule has 1 aliphatic rings. The van der Waals surface area contributed by atoms with Gasteiger partial charge in [0.05, 0.1) is 5.02 Å². The van der Waals surface area contributed by atoms with E-state index in [9.17, 15) is 9.59 Å². The first-order valence-electron chi connectivity index (χ1n) is 10.2. The maximum atomic E-state index is 12.4. The van der Waals surface area contributed by atoms with E-state index in [0.29, 0.717) is 31.2 Å². The molecule has 3 aromatic rings. The van der Waals surface area contributed by atoms with Gasteiger partial charge in [0.15, 0.2) is 0 Å². The molecule has 2 aromatic carbocycles. The van der Waals surface area contributed by atoms with Gasteiger partial charge in [0.2, 0.25) is 11.8 Å². The maximum Gasteiger partial charge on any atom is 0.246 e. The Bertz CT molecular complexity index is 1160. The van der Waals surface area contributed by atoms with Gasteiger partial charge in [0.1, 0.15) is 0 Å². The number of hydrogen-bond acceptors (Lipinski definition) is 3. The lowest BCUT2D eigenvalue weighted by Gasteiger charge is -2.33. The molecule has 31 heavy (non-hydrogen) atoms. The maximum absolute atomic E-state index is 12.4. The zero-order valence-corrected chi connectivity index (χ0v) is 19.1. The van der Waals surface area contributed by atoms with Crippen molar-refractivity contribution in [2.75, 3.05) is 26.2 Å². The minimum Gasteiger partial charge on any atom is -0.351 e. The summed E-state index contributed by atoms with van der Waals surface area (Å²) in [6.45, 7) is 3.85. The van der Waals surface area contributed by atoms with Gasteiger partial charge in [-0.3, -0.25) is 9.59 Å². The zero-order valence-electron chi connectivity index (χ0n) is 17.5. The quantitative estimate of drug-likeness (QED) is 0.538. The Labute approximate surface area is 191 Å². The Hall–Kier alpha value is -2.70. The summed E-state index contributed by atoms with van der Waals surface area (Å²) in [5.74, 6) is 0.00729. The smallest absolute Gasteiger partial charge is 0.246 e. The molecule has 0 radical (unpaired) electrons. The number of nitrogens with zero attached hydrogens (tertiary/aromatic N) is 3. The van der Waals surface area contributed by atoms with Crippen LogP contribution in [0.1, 0.15) is 12.5 Å². The van der Waals surface area contributed by atoms with Crippen LogP contribution in [0.2, 0.25) is 5.02 Å². The lowest BCUT2D eigenvalue weighted by molar-refractivity contribution is -0.135. The van der Waals surface area contributed by atoms with Gasteiger partial charge >= 0.3 is 0 Å². The van der Waals surface area contributed by atoms with Crippen molar-refractivity contribution in [3.05, 3.63) is 65.3 Å². The van der Waals surface area contributed by atoms with E-state index >= 15 is 0 Å². The van der Waals surface area contributed by atoms with Gasteiger partial charge in [-0.1, -0.05) is 29.4 Å². The third-order valence-corrected chi connectivity index (χ3v) is 6.99. The molecule has 1 fully saturated rings. The number of carbonyl (C=O) groups is 2. The second kappa shape index (κ2) is 9.20. The fourth-order valence-corrected chi connectivity index (χ4v) is 4.84. The standard InChI is InChI=1S/C24H24ClN3O2S/c1-17(29)27-11-13-28(14-12-27)24(30)8-4-18-3-7-23(21(25)15-18)31-20-5-6-22-19(16-20)9-10-26(22)2/h3-10,15-16H,11-14H2,1-2H3/b8-4+. The molecule has 2 heterocycles. The van der Waals surface area contributed by atoms with Crippen molar-refractivity contribution < 1.29 is 9.59 Å². The summed E-state index contributed by atoms with van der Waals surface area (Å²) in [5, 5.41) is 1.86. The third-order valence-electron chi connectivity index (χ3n) is 5.50. The molecule has 4 rings (SSSR count). The Kier molecular flexibility index (Phi) is 6.39. The molecule has 5 nitrogen and oxygen atoms in total. The van der Waals surface area contributed by atoms with Gasteiger partial charge in [-0.2, -0.15) is 0 Å². The molecule has 7 heteroatoms. The highest BCUT2D eigenvalue weighted by Gasteiger charge is 2.20. The first kappa shape index (κ1) is 21.5. The fraction of sp³-hybridized carbons (Fsp3) is 0.250. The lowest BCUT2D eigenvalue weighted by Crippen LogP contribution is -2.49. The number of halogens is 1. The molecule has 1 aliphatic heterocycles. The van der Waals surface area contributed by atoms with Crippen LogP contribution in [0.4, 0.5) is 0 Å². The average Bonchev–Trinajstić information content (AvgIpc) is 3.14. The largest absolute Gasteiger partial charge is 0.351 e. The van der Waals surface area contributed by atoms with Crippen molar-refractivity contribution in [3.63, 3.8) is 0 Å². The number of piperazine rings is 1. The zero-order chi connectivity index (χ0) is 22.0. The minimum absolute atomic E-state index is 0.0473. The van der Waals surface area contributed by atoms with E-state index in [0.717, 1.165) is 15.4 Å². The van der Waals surface area contributed by atoms with E-state index in [1.54, 1.807) is 40.6 Å². The normalized spacial score (nSPS) is 14.5. The van der Waals surface area contributed by atoms with E-state index in [1.165, 1.54) is 10.9 Å². The highest BCUT2D eigenvalue weighted by Crippen LogP contribution is 2.35. The van der Waals surface area contributed by atoms with Crippen LogP contribution in [0, 0.1) is 0 Å². The summed E-state index contributed by atoms with van der Waals surface area (Å²) in [4.78, 5) is 29.5. The van der Waals surface area contributed by atoms with Crippen LogP contribution in [-0.4, -0.2) is 52.4 Å². The Balaban J connectivity index is 1.40. The van der Waals surface area contributed by atoms with Crippen molar-refractivity contribution in [1.82, 2.24) is 14.4 Å². The molecule has 1 aromatic heterocycles. The van der Waals surface area contributed by atoms with Gasteiger partial charge in [-0.25, -0.2) is 0 Å². The van der Waals surface area contributed by atoms with E-state index < -0.39 is 0 Å². The van der Waals surface area contributed by atoms with Crippen LogP contribution >= 0.6 is 23.4 Å². The van der Waals surface area contributed by atoms with Crippen LogP contribution in [0.25, 0.3) is 17.0 Å². The molecule has 0 N–H and O–H groups in total. The first-order valence-corrected chi connectivity index (χ1v) is 11.3. The number of aromatic nitrogens is 1. The summed E-state index contributed by atoms with van der Waals surface area (Å²) in [6.07, 6.45) is 5.42. The summed E-state index contributed by atoms with van der Waals surface area (Å²) in [5.41, 5.74) is 2.08. The highest BCUT2D eigenvalue weighted by molar-refractivity contribution is 7.99.